The number of urea groups is 1. The van der Waals surface area contributed by atoms with Crippen LogP contribution in [-0.4, -0.2) is 38.4 Å². The normalized spacial score (nSPS) is 10.8. The van der Waals surface area contributed by atoms with Gasteiger partial charge in [-0.3, -0.25) is 14.9 Å². The molecule has 0 saturated heterocycles. The number of primary amides is 1. The quantitative estimate of drug-likeness (QED) is 0.498. The molecule has 2 aromatic heterocycles. The van der Waals surface area contributed by atoms with Crippen molar-refractivity contribution in [3.05, 3.63) is 30.0 Å². The number of hydrogen-bond acceptors (Lipinski definition) is 7. The van der Waals surface area contributed by atoms with Gasteiger partial charge in [0, 0.05) is 19.4 Å². The van der Waals surface area contributed by atoms with Crippen molar-refractivity contribution in [3.63, 3.8) is 0 Å². The van der Waals surface area contributed by atoms with Gasteiger partial charge in [-0.1, -0.05) is 25.6 Å². The predicted octanol–water partition coefficient (Wildman–Crippen LogP) is 1.06. The molecule has 0 unspecified atom stereocenters. The van der Waals surface area contributed by atoms with Gasteiger partial charge in [-0.15, -0.1) is 10.2 Å². The Hall–Kier alpha value is -2.82. The molecule has 0 bridgehead atoms. The third kappa shape index (κ3) is 7.06. The number of nitrogens with one attached hydrogen (secondary N) is 2. The maximum absolute atomic E-state index is 12.0. The molecule has 28 heavy (non-hydrogen) atoms. The van der Waals surface area contributed by atoms with Gasteiger partial charge in [0.2, 0.25) is 11.8 Å². The van der Waals surface area contributed by atoms with E-state index in [0.29, 0.717) is 35.6 Å². The van der Waals surface area contributed by atoms with Crippen molar-refractivity contribution in [3.8, 4) is 0 Å². The van der Waals surface area contributed by atoms with E-state index in [9.17, 15) is 14.4 Å². The molecule has 0 radical (unpaired) electrons. The van der Waals surface area contributed by atoms with Crippen molar-refractivity contribution < 1.29 is 18.8 Å². The third-order valence-corrected chi connectivity index (χ3v) is 4.49. The first-order valence-electron chi connectivity index (χ1n) is 8.78. The topological polar surface area (TPSA) is 145 Å². The number of thioether (sulfide) groups is 1. The first-order chi connectivity index (χ1) is 13.3. The Kier molecular flexibility index (Phi) is 8.05. The summed E-state index contributed by atoms with van der Waals surface area (Å²) in [5.74, 6) is 0.686. The van der Waals surface area contributed by atoms with Crippen LogP contribution in [0.15, 0.2) is 28.0 Å². The molecule has 0 saturated carbocycles. The third-order valence-electron chi connectivity index (χ3n) is 3.52. The number of nitrogens with two attached hydrogens (primary N) is 1. The highest BCUT2D eigenvalue weighted by atomic mass is 32.2. The molecule has 0 fully saturated rings. The zero-order valence-corrected chi connectivity index (χ0v) is 16.6. The van der Waals surface area contributed by atoms with Gasteiger partial charge in [-0.2, -0.15) is 0 Å². The van der Waals surface area contributed by atoms with Crippen LogP contribution < -0.4 is 16.4 Å². The summed E-state index contributed by atoms with van der Waals surface area (Å²) >= 11 is 1.17. The fourth-order valence-corrected chi connectivity index (χ4v) is 3.08. The first kappa shape index (κ1) is 21.5. The van der Waals surface area contributed by atoms with Gasteiger partial charge < -0.3 is 20.0 Å². The summed E-state index contributed by atoms with van der Waals surface area (Å²) in [5.41, 5.74) is 5.20. The number of rotatable bonds is 10. The molecule has 2 heterocycles. The molecule has 152 valence electrons. The zero-order valence-electron chi connectivity index (χ0n) is 15.8. The van der Waals surface area contributed by atoms with Crippen molar-refractivity contribution in [2.45, 2.75) is 44.9 Å². The molecule has 10 nitrogen and oxygen atoms in total. The van der Waals surface area contributed by atoms with E-state index in [4.69, 9.17) is 10.2 Å². The largest absolute Gasteiger partial charge is 0.467 e. The summed E-state index contributed by atoms with van der Waals surface area (Å²) < 4.78 is 6.97. The molecule has 0 spiro atoms. The van der Waals surface area contributed by atoms with Gasteiger partial charge >= 0.3 is 6.03 Å². The molecule has 0 aliphatic rings. The number of furan rings is 1. The second kappa shape index (κ2) is 10.5. The molecule has 0 atom stereocenters. The van der Waals surface area contributed by atoms with Gasteiger partial charge in [0.05, 0.1) is 18.6 Å². The average Bonchev–Trinajstić information content (AvgIpc) is 3.26. The van der Waals surface area contributed by atoms with Crippen LogP contribution in [0.25, 0.3) is 0 Å². The number of aryl methyl sites for hydroxylation is 1. The van der Waals surface area contributed by atoms with Gasteiger partial charge in [0.1, 0.15) is 11.6 Å². The molecule has 2 aromatic rings. The van der Waals surface area contributed by atoms with Gasteiger partial charge in [0.25, 0.3) is 0 Å². The second-order valence-corrected chi connectivity index (χ2v) is 7.41. The number of imide groups is 1. The summed E-state index contributed by atoms with van der Waals surface area (Å²) in [6, 6.07) is 2.82. The number of aromatic nitrogens is 3. The Morgan fingerprint density at radius 2 is 2.11 bits per heavy atom. The van der Waals surface area contributed by atoms with Crippen molar-refractivity contribution >= 4 is 29.6 Å². The summed E-state index contributed by atoms with van der Waals surface area (Å²) in [4.78, 5) is 34.8. The second-order valence-electron chi connectivity index (χ2n) is 6.47. The fourth-order valence-electron chi connectivity index (χ4n) is 2.31. The van der Waals surface area contributed by atoms with E-state index in [1.807, 2.05) is 18.4 Å². The molecule has 4 amide bonds. The van der Waals surface area contributed by atoms with Crippen LogP contribution in [0.4, 0.5) is 4.79 Å². The summed E-state index contributed by atoms with van der Waals surface area (Å²) in [5, 5.41) is 13.5. The van der Waals surface area contributed by atoms with Crippen molar-refractivity contribution in [2.24, 2.45) is 11.7 Å². The summed E-state index contributed by atoms with van der Waals surface area (Å²) in [6.45, 7) is 4.92. The molecular weight excluding hydrogens is 384 g/mol. The lowest BCUT2D eigenvalue weighted by molar-refractivity contribution is -0.118. The maximum Gasteiger partial charge on any atom is 0.321 e. The number of amides is 4. The average molecular weight is 408 g/mol. The van der Waals surface area contributed by atoms with E-state index in [0.717, 1.165) is 0 Å². The van der Waals surface area contributed by atoms with E-state index < -0.39 is 17.8 Å². The van der Waals surface area contributed by atoms with E-state index >= 15 is 0 Å². The highest BCUT2D eigenvalue weighted by Crippen LogP contribution is 2.19. The smallest absolute Gasteiger partial charge is 0.321 e. The number of carbonyl (C=O) groups is 3. The summed E-state index contributed by atoms with van der Waals surface area (Å²) in [6.07, 6.45) is 2.07. The minimum absolute atomic E-state index is 0.000218. The maximum atomic E-state index is 12.0. The lowest BCUT2D eigenvalue weighted by Gasteiger charge is -2.12. The molecule has 0 aliphatic carbocycles. The minimum Gasteiger partial charge on any atom is -0.467 e. The monoisotopic (exact) mass is 408 g/mol. The van der Waals surface area contributed by atoms with E-state index in [1.165, 1.54) is 18.0 Å². The van der Waals surface area contributed by atoms with Crippen LogP contribution in [0, 0.1) is 5.92 Å². The van der Waals surface area contributed by atoms with E-state index in [1.54, 1.807) is 12.1 Å². The van der Waals surface area contributed by atoms with Gasteiger partial charge in [0.15, 0.2) is 5.16 Å². The molecule has 2 rings (SSSR count). The van der Waals surface area contributed by atoms with Crippen molar-refractivity contribution in [2.75, 3.05) is 5.75 Å². The Bertz CT molecular complexity index is 803. The van der Waals surface area contributed by atoms with Crippen LogP contribution in [0.1, 0.15) is 31.9 Å². The fraction of sp³-hybridized carbons (Fsp3) is 0.471. The van der Waals surface area contributed by atoms with Crippen LogP contribution in [-0.2, 0) is 29.1 Å². The number of hydrogen-bond donors (Lipinski definition) is 3. The Balaban J connectivity index is 1.86. The Labute approximate surface area is 166 Å². The highest BCUT2D eigenvalue weighted by Gasteiger charge is 2.16. The molecule has 0 aromatic carbocycles. The van der Waals surface area contributed by atoms with E-state index in [2.05, 4.69) is 20.8 Å². The zero-order chi connectivity index (χ0) is 20.5. The standard InChI is InChI=1S/C17H24N6O4S/c1-11(2)9-23-14(6-5-13(18)24)21-22-17(23)28-10-15(25)20-16(26)19-8-12-4-3-7-27-12/h3-4,7,11H,5-6,8-10H2,1-2H3,(H2,18,24)(H2,19,20,25,26). The highest BCUT2D eigenvalue weighted by molar-refractivity contribution is 7.99. The first-order valence-corrected chi connectivity index (χ1v) is 9.77. The summed E-state index contributed by atoms with van der Waals surface area (Å²) in [7, 11) is 0. The van der Waals surface area contributed by atoms with Crippen molar-refractivity contribution in [1.29, 1.82) is 0 Å². The van der Waals surface area contributed by atoms with Crippen LogP contribution in [0.2, 0.25) is 0 Å². The minimum atomic E-state index is -0.604. The number of nitrogens with zero attached hydrogens (tertiary/aromatic N) is 3. The molecule has 0 aliphatic heterocycles. The van der Waals surface area contributed by atoms with Crippen LogP contribution in [0.3, 0.4) is 0 Å². The van der Waals surface area contributed by atoms with E-state index in [-0.39, 0.29) is 18.7 Å². The predicted molar refractivity (Wildman–Crippen MR) is 102 cm³/mol. The van der Waals surface area contributed by atoms with Crippen LogP contribution in [0.5, 0.6) is 0 Å². The van der Waals surface area contributed by atoms with Crippen LogP contribution >= 0.6 is 11.8 Å². The molecule has 4 N–H and O–H groups in total. The van der Waals surface area contributed by atoms with Gasteiger partial charge in [-0.05, 0) is 18.1 Å². The number of carbonyl (C=O) groups excluding carboxylic acids is 3. The molecule has 11 heteroatoms. The van der Waals surface area contributed by atoms with Gasteiger partial charge in [-0.25, -0.2) is 4.79 Å². The molecular formula is C17H24N6O4S. The Morgan fingerprint density at radius 1 is 1.32 bits per heavy atom. The van der Waals surface area contributed by atoms with Crippen molar-refractivity contribution in [1.82, 2.24) is 25.4 Å². The Morgan fingerprint density at radius 3 is 2.75 bits per heavy atom. The lowest BCUT2D eigenvalue weighted by Crippen LogP contribution is -2.39. The SMILES string of the molecule is CC(C)Cn1c(CCC(N)=O)nnc1SCC(=O)NC(=O)NCc1ccco1. The lowest BCUT2D eigenvalue weighted by atomic mass is 10.2.